The first kappa shape index (κ1) is 12.2. The molecule has 3 aliphatic carbocycles. The van der Waals surface area contributed by atoms with Crippen molar-refractivity contribution in [3.8, 4) is 0 Å². The first-order chi connectivity index (χ1) is 10.7. The predicted molar refractivity (Wildman–Crippen MR) is 85.1 cm³/mol. The van der Waals surface area contributed by atoms with Gasteiger partial charge in [0, 0.05) is 24.4 Å². The van der Waals surface area contributed by atoms with Gasteiger partial charge in [-0.3, -0.25) is 4.79 Å². The molecule has 0 N–H and O–H groups in total. The summed E-state index contributed by atoms with van der Waals surface area (Å²) in [4.78, 5) is 14.9. The number of carbonyl (C=O) groups excluding carboxylic acids is 1. The van der Waals surface area contributed by atoms with E-state index >= 15 is 0 Å². The molecule has 0 saturated carbocycles. The van der Waals surface area contributed by atoms with Crippen molar-refractivity contribution in [2.75, 3.05) is 6.54 Å². The molecule has 5 aliphatic rings. The monoisotopic (exact) mass is 293 g/mol. The summed E-state index contributed by atoms with van der Waals surface area (Å²) < 4.78 is 0. The van der Waals surface area contributed by atoms with Crippen LogP contribution in [-0.4, -0.2) is 23.4 Å². The zero-order chi connectivity index (χ0) is 14.6. The van der Waals surface area contributed by atoms with Gasteiger partial charge in [-0.1, -0.05) is 19.1 Å². The molecule has 6 rings (SSSR count). The molecule has 1 amide bonds. The summed E-state index contributed by atoms with van der Waals surface area (Å²) in [6, 6.07) is 5.30. The molecule has 2 fully saturated rings. The average Bonchev–Trinajstić information content (AvgIpc) is 3.01. The number of aryl methyl sites for hydroxylation is 1. The van der Waals surface area contributed by atoms with E-state index in [1.165, 1.54) is 32.1 Å². The summed E-state index contributed by atoms with van der Waals surface area (Å²) in [6.45, 7) is 3.54. The standard InChI is InChI=1S/C20H23NO/c1-20-14-6-4-11-2-3-12-5-7-15(19(20)18(11)12)13-8-16(20)21(10-14)17(22)9-13/h5,7,11,13-14,16H,2-4,6,8-10H2,1H3/t11-,13-,14-,16-,20-/m1/s1. The minimum atomic E-state index is 0.242. The molecule has 2 bridgehead atoms. The summed E-state index contributed by atoms with van der Waals surface area (Å²) in [5.74, 6) is 2.44. The van der Waals surface area contributed by atoms with E-state index < -0.39 is 0 Å². The lowest BCUT2D eigenvalue weighted by Crippen LogP contribution is -2.52. The van der Waals surface area contributed by atoms with Gasteiger partial charge in [0.05, 0.1) is 0 Å². The van der Waals surface area contributed by atoms with Crippen LogP contribution < -0.4 is 0 Å². The Labute approximate surface area is 131 Å². The number of hydrogen-bond acceptors (Lipinski definition) is 1. The van der Waals surface area contributed by atoms with Crippen LogP contribution in [0.3, 0.4) is 0 Å². The van der Waals surface area contributed by atoms with Crippen molar-refractivity contribution >= 4 is 5.91 Å². The molecule has 2 aliphatic heterocycles. The fourth-order valence-electron chi connectivity index (χ4n) is 6.95. The predicted octanol–water partition coefficient (Wildman–Crippen LogP) is 3.49. The van der Waals surface area contributed by atoms with Gasteiger partial charge in [-0.15, -0.1) is 0 Å². The van der Waals surface area contributed by atoms with Crippen molar-refractivity contribution in [1.29, 1.82) is 0 Å². The largest absolute Gasteiger partial charge is 0.338 e. The van der Waals surface area contributed by atoms with Crippen molar-refractivity contribution in [3.63, 3.8) is 0 Å². The molecule has 0 unspecified atom stereocenters. The maximum Gasteiger partial charge on any atom is 0.223 e. The minimum Gasteiger partial charge on any atom is -0.338 e. The van der Waals surface area contributed by atoms with Crippen molar-refractivity contribution in [1.82, 2.24) is 4.90 Å². The molecule has 1 aromatic carbocycles. The molecule has 2 heterocycles. The van der Waals surface area contributed by atoms with E-state index in [-0.39, 0.29) is 5.41 Å². The highest BCUT2D eigenvalue weighted by molar-refractivity contribution is 5.81. The van der Waals surface area contributed by atoms with Gasteiger partial charge in [0.2, 0.25) is 5.91 Å². The smallest absolute Gasteiger partial charge is 0.223 e. The van der Waals surface area contributed by atoms with Crippen LogP contribution in [0.4, 0.5) is 0 Å². The number of carbonyl (C=O) groups is 1. The number of nitrogens with zero attached hydrogens (tertiary/aromatic N) is 1. The lowest BCUT2D eigenvalue weighted by atomic mass is 9.58. The van der Waals surface area contributed by atoms with Crippen molar-refractivity contribution < 1.29 is 4.79 Å². The summed E-state index contributed by atoms with van der Waals surface area (Å²) >= 11 is 0. The minimum absolute atomic E-state index is 0.242. The van der Waals surface area contributed by atoms with Crippen LogP contribution in [0.1, 0.15) is 73.1 Å². The molecule has 0 aromatic heterocycles. The molecule has 1 aromatic rings. The Morgan fingerprint density at radius 1 is 1.18 bits per heavy atom. The van der Waals surface area contributed by atoms with Crippen LogP contribution >= 0.6 is 0 Å². The van der Waals surface area contributed by atoms with Crippen LogP contribution in [-0.2, 0) is 16.6 Å². The molecular weight excluding hydrogens is 270 g/mol. The van der Waals surface area contributed by atoms with Crippen LogP contribution in [0.25, 0.3) is 0 Å². The quantitative estimate of drug-likeness (QED) is 0.717. The molecule has 2 heteroatoms. The van der Waals surface area contributed by atoms with E-state index in [0.717, 1.165) is 18.9 Å². The second-order valence-electron chi connectivity index (χ2n) is 8.59. The summed E-state index contributed by atoms with van der Waals surface area (Å²) in [5.41, 5.74) is 6.91. The number of amides is 1. The van der Waals surface area contributed by atoms with Gasteiger partial charge in [-0.2, -0.15) is 0 Å². The van der Waals surface area contributed by atoms with Gasteiger partial charge in [-0.05, 0) is 72.1 Å². The summed E-state index contributed by atoms with van der Waals surface area (Å²) in [6.07, 6.45) is 7.30. The Balaban J connectivity index is 1.73. The number of hydrogen-bond donors (Lipinski definition) is 0. The van der Waals surface area contributed by atoms with Gasteiger partial charge >= 0.3 is 0 Å². The Morgan fingerprint density at radius 3 is 3.00 bits per heavy atom. The lowest BCUT2D eigenvalue weighted by Gasteiger charge is -2.49. The van der Waals surface area contributed by atoms with Crippen LogP contribution in [0.2, 0.25) is 0 Å². The normalized spacial score (nSPS) is 43.5. The fourth-order valence-corrected chi connectivity index (χ4v) is 6.95. The highest BCUT2D eigenvalue weighted by Crippen LogP contribution is 2.62. The van der Waals surface area contributed by atoms with E-state index in [1.807, 2.05) is 0 Å². The van der Waals surface area contributed by atoms with Crippen LogP contribution in [0, 0.1) is 5.92 Å². The molecular formula is C20H23NO. The van der Waals surface area contributed by atoms with Gasteiger partial charge in [-0.25, -0.2) is 0 Å². The zero-order valence-corrected chi connectivity index (χ0v) is 13.3. The zero-order valence-electron chi connectivity index (χ0n) is 13.3. The van der Waals surface area contributed by atoms with Crippen molar-refractivity contribution in [2.24, 2.45) is 5.92 Å². The SMILES string of the molecule is C[C@@]12c3c4ccc5c3[C@H](CC5)CC[C@@H]1CN1C(=O)C[C@H]4C[C@@H]12. The first-order valence-corrected chi connectivity index (χ1v) is 9.13. The topological polar surface area (TPSA) is 20.3 Å². The maximum absolute atomic E-state index is 12.7. The van der Waals surface area contributed by atoms with Crippen LogP contribution in [0.5, 0.6) is 0 Å². The molecule has 114 valence electrons. The third-order valence-electron chi connectivity index (χ3n) is 7.96. The van der Waals surface area contributed by atoms with Crippen LogP contribution in [0.15, 0.2) is 12.1 Å². The van der Waals surface area contributed by atoms with E-state index in [2.05, 4.69) is 24.0 Å². The lowest BCUT2D eigenvalue weighted by molar-refractivity contribution is -0.136. The molecule has 22 heavy (non-hydrogen) atoms. The van der Waals surface area contributed by atoms with E-state index in [4.69, 9.17) is 0 Å². The molecule has 2 saturated heterocycles. The highest BCUT2D eigenvalue weighted by Gasteiger charge is 2.61. The van der Waals surface area contributed by atoms with Gasteiger partial charge in [0.25, 0.3) is 0 Å². The van der Waals surface area contributed by atoms with Gasteiger partial charge < -0.3 is 4.90 Å². The average molecular weight is 293 g/mol. The van der Waals surface area contributed by atoms with E-state index in [0.29, 0.717) is 23.8 Å². The maximum atomic E-state index is 12.7. The Hall–Kier alpha value is -1.31. The number of fused-ring (bicyclic) bond motifs is 2. The molecule has 0 radical (unpaired) electrons. The van der Waals surface area contributed by atoms with Gasteiger partial charge in [0.15, 0.2) is 0 Å². The summed E-state index contributed by atoms with van der Waals surface area (Å²) in [7, 11) is 0. The molecule has 0 spiro atoms. The van der Waals surface area contributed by atoms with Crippen molar-refractivity contribution in [2.45, 2.75) is 68.7 Å². The number of rotatable bonds is 0. The Kier molecular flexibility index (Phi) is 1.99. The first-order valence-electron chi connectivity index (χ1n) is 9.13. The fraction of sp³-hybridized carbons (Fsp3) is 0.650. The second-order valence-corrected chi connectivity index (χ2v) is 8.59. The molecule has 2 nitrogen and oxygen atoms in total. The van der Waals surface area contributed by atoms with E-state index in [1.54, 1.807) is 22.3 Å². The second kappa shape index (κ2) is 3.60. The third-order valence-corrected chi connectivity index (χ3v) is 7.96. The number of piperidine rings is 1. The van der Waals surface area contributed by atoms with E-state index in [9.17, 15) is 4.79 Å². The summed E-state index contributed by atoms with van der Waals surface area (Å²) in [5, 5.41) is 0. The van der Waals surface area contributed by atoms with Crippen molar-refractivity contribution in [3.05, 3.63) is 34.4 Å². The Morgan fingerprint density at radius 2 is 2.09 bits per heavy atom. The highest BCUT2D eigenvalue weighted by atomic mass is 16.2. The molecule has 5 atom stereocenters. The third kappa shape index (κ3) is 1.14. The van der Waals surface area contributed by atoms with Gasteiger partial charge in [0.1, 0.15) is 0 Å². The number of benzene rings is 1. The Bertz CT molecular complexity index is 723.